The fourth-order valence-electron chi connectivity index (χ4n) is 4.56. The summed E-state index contributed by atoms with van der Waals surface area (Å²) in [7, 11) is 11.3. The maximum Gasteiger partial charge on any atom is 0.376 e. The van der Waals surface area contributed by atoms with Crippen LogP contribution in [0.3, 0.4) is 0 Å². The molecule has 0 aliphatic carbocycles. The molecule has 0 fully saturated rings. The summed E-state index contributed by atoms with van der Waals surface area (Å²) in [5.74, 6) is 3.05. The van der Waals surface area contributed by atoms with E-state index in [0.717, 1.165) is 11.6 Å². The van der Waals surface area contributed by atoms with Crippen LogP contribution >= 0.6 is 22.9 Å². The molecule has 7 aromatic rings. The first kappa shape index (κ1) is 65.5. The topological polar surface area (TPSA) is 387 Å². The molecule has 0 aliphatic heterocycles. The summed E-state index contributed by atoms with van der Waals surface area (Å²) < 4.78 is 84.4. The number of H-pyrrole nitrogens is 1. The Bertz CT molecular complexity index is 2810. The number of aromatic nitrogens is 21. The van der Waals surface area contributed by atoms with E-state index in [-0.39, 0.29) is 22.0 Å². The van der Waals surface area contributed by atoms with Crippen LogP contribution in [-0.2, 0) is 92.1 Å². The lowest BCUT2D eigenvalue weighted by molar-refractivity contribution is -0.146. The number of hydrogen-bond acceptors (Lipinski definition) is 25. The Labute approximate surface area is 437 Å². The summed E-state index contributed by atoms with van der Waals surface area (Å²) in [4.78, 5) is 11.0. The second-order valence-electron chi connectivity index (χ2n) is 14.0. The third-order valence-electron chi connectivity index (χ3n) is 8.67. The second kappa shape index (κ2) is 33.3. The molecule has 0 spiro atoms. The largest absolute Gasteiger partial charge is 0.460 e. The van der Waals surface area contributed by atoms with Gasteiger partial charge in [-0.25, -0.2) is 26.4 Å². The highest BCUT2D eigenvalue weighted by atomic mass is 35.7. The highest BCUT2D eigenvalue weighted by Gasteiger charge is 2.26. The second-order valence-corrected chi connectivity index (χ2v) is 18.6. The Balaban J connectivity index is 0.000000442. The average Bonchev–Trinajstić information content (AvgIpc) is 4.25. The molecular formula is C37H66ClN23O10S3. The molecule has 37 heteroatoms. The minimum absolute atomic E-state index is 0.0833. The number of carbonyl (C=O) groups is 1. The van der Waals surface area contributed by atoms with Gasteiger partial charge in [0.2, 0.25) is 24.4 Å². The van der Waals surface area contributed by atoms with Gasteiger partial charge >= 0.3 is 5.97 Å². The zero-order valence-electron chi connectivity index (χ0n) is 43.8. The van der Waals surface area contributed by atoms with E-state index in [0.29, 0.717) is 49.6 Å². The third kappa shape index (κ3) is 21.9. The van der Waals surface area contributed by atoms with Crippen molar-refractivity contribution in [3.05, 3.63) is 65.5 Å². The van der Waals surface area contributed by atoms with Crippen molar-refractivity contribution in [2.45, 2.75) is 71.4 Å². The van der Waals surface area contributed by atoms with Gasteiger partial charge in [-0.15, -0.1) is 61.2 Å². The number of sulfonamides is 1. The first-order chi connectivity index (χ1) is 34.9. The van der Waals surface area contributed by atoms with Gasteiger partial charge in [0.1, 0.15) is 43.3 Å². The highest BCUT2D eigenvalue weighted by molar-refractivity contribution is 8.13. The standard InChI is InChI=1S/C8H14ClN3O4S.C8H15N3O2S.C6H9N3O2.C4H8N4O2S.2C4H7N3.C3H6N4/c1-4-15-7(16-5-2)6-10-11-8(12(6)3)17(9,13)14;1-4-12-7(13-5-2)6-9-10-8(14)11(6)3;1-3-11-6(10)5-8-7-4-9(5)2;1-5-11(9,10)4-7-6-3-8(4)2;2*1-4-6-5-3-7(4)2;1-7-2-5-6-3(7)4/h7H,4-5H2,1-3H3;7H,4-5H2,1-3H3,(H,10,14);4H,3H2,1-2H3;3,5H,1-2H3;2*3H,1-2H3;2H,1H3,(H2,4,6). The SMILES string of the molecule is CCOC(=O)c1nncn1C.CCOC(OCC)c1n[nH]c(=S)n1C.CCOC(OCC)c1nnc(S(=O)(=O)Cl)n1C.CNS(=O)(=O)c1nncn1C.Cc1nncn1C.Cc1nncn1C.Cn1cnnc1N. The Morgan fingerprint density at radius 1 is 0.622 bits per heavy atom. The maximum atomic E-state index is 11.2. The lowest BCUT2D eigenvalue weighted by atomic mass is 10.5. The van der Waals surface area contributed by atoms with Crippen LogP contribution in [0.15, 0.2) is 41.9 Å². The van der Waals surface area contributed by atoms with E-state index < -0.39 is 37.6 Å². The van der Waals surface area contributed by atoms with Gasteiger partial charge in [0.25, 0.3) is 29.4 Å². The summed E-state index contributed by atoms with van der Waals surface area (Å²) in [6, 6.07) is 0. The number of esters is 1. The van der Waals surface area contributed by atoms with E-state index in [2.05, 4.69) is 76.1 Å². The number of rotatable bonds is 15. The predicted molar refractivity (Wildman–Crippen MR) is 266 cm³/mol. The monoisotopic (exact) mass is 1120 g/mol. The number of ether oxygens (including phenoxy) is 5. The van der Waals surface area contributed by atoms with Crippen LogP contribution in [-0.4, -0.2) is 166 Å². The van der Waals surface area contributed by atoms with Crippen LogP contribution < -0.4 is 10.5 Å². The number of halogens is 1. The van der Waals surface area contributed by atoms with Crippen LogP contribution in [0.25, 0.3) is 0 Å². The fraction of sp³-hybridized carbons (Fsp3) is 0.595. The van der Waals surface area contributed by atoms with Gasteiger partial charge in [0.15, 0.2) is 16.4 Å². The lowest BCUT2D eigenvalue weighted by Crippen LogP contribution is -2.22. The molecule has 7 aromatic heterocycles. The molecule has 0 saturated heterocycles. The number of nitrogen functional groups attached to an aromatic ring is 1. The van der Waals surface area contributed by atoms with Gasteiger partial charge < -0.3 is 56.8 Å². The van der Waals surface area contributed by atoms with Gasteiger partial charge in [-0.2, -0.15) is 5.10 Å². The Hall–Kier alpha value is -6.54. The Morgan fingerprint density at radius 2 is 1.07 bits per heavy atom. The summed E-state index contributed by atoms with van der Waals surface area (Å²) in [5, 5.41) is 49.2. The molecule has 0 saturated carbocycles. The first-order valence-electron chi connectivity index (χ1n) is 21.8. The van der Waals surface area contributed by atoms with Gasteiger partial charge in [0, 0.05) is 86.4 Å². The van der Waals surface area contributed by atoms with Crippen molar-refractivity contribution in [2.24, 2.45) is 49.3 Å². The van der Waals surface area contributed by atoms with E-state index >= 15 is 0 Å². The fourth-order valence-corrected chi connectivity index (χ4v) is 6.42. The maximum absolute atomic E-state index is 11.2. The van der Waals surface area contributed by atoms with Gasteiger partial charge in [-0.05, 0) is 67.7 Å². The zero-order valence-corrected chi connectivity index (χ0v) is 47.0. The molecule has 0 aliphatic rings. The Morgan fingerprint density at radius 3 is 1.35 bits per heavy atom. The molecule has 0 unspecified atom stereocenters. The molecule has 0 aromatic carbocycles. The minimum Gasteiger partial charge on any atom is -0.460 e. The number of anilines is 1. The van der Waals surface area contributed by atoms with Crippen molar-refractivity contribution >= 4 is 53.9 Å². The summed E-state index contributed by atoms with van der Waals surface area (Å²) >= 11 is 5.00. The number of nitrogens with zero attached hydrogens (tertiary/aromatic N) is 20. The molecular weight excluding hydrogens is 1060 g/mol. The van der Waals surface area contributed by atoms with Crippen molar-refractivity contribution < 1.29 is 45.3 Å². The normalized spacial score (nSPS) is 10.8. The smallest absolute Gasteiger partial charge is 0.376 e. The molecule has 0 amide bonds. The lowest BCUT2D eigenvalue weighted by Gasteiger charge is -2.15. The predicted octanol–water partition coefficient (Wildman–Crippen LogP) is 0.723. The van der Waals surface area contributed by atoms with Gasteiger partial charge in [-0.3, -0.25) is 9.67 Å². The van der Waals surface area contributed by atoms with Crippen molar-refractivity contribution in [3.8, 4) is 0 Å². The third-order valence-corrected chi connectivity index (χ3v) is 11.6. The molecule has 0 radical (unpaired) electrons. The summed E-state index contributed by atoms with van der Waals surface area (Å²) in [6.07, 6.45) is 6.48. The van der Waals surface area contributed by atoms with Crippen LogP contribution in [0.2, 0.25) is 0 Å². The molecule has 33 nitrogen and oxygen atoms in total. The number of hydrogen-bond donors (Lipinski definition) is 3. The van der Waals surface area contributed by atoms with Crippen LogP contribution in [0.4, 0.5) is 5.95 Å². The number of aromatic amines is 1. The number of aryl methyl sites for hydroxylation is 7. The van der Waals surface area contributed by atoms with E-state index in [1.807, 2.05) is 58.0 Å². The number of nitrogens with one attached hydrogen (secondary N) is 2. The molecule has 74 heavy (non-hydrogen) atoms. The van der Waals surface area contributed by atoms with Gasteiger partial charge in [0.05, 0.1) is 6.61 Å². The van der Waals surface area contributed by atoms with Crippen molar-refractivity contribution in [1.29, 1.82) is 0 Å². The van der Waals surface area contributed by atoms with Crippen molar-refractivity contribution in [2.75, 3.05) is 45.8 Å². The Kier molecular flexibility index (Phi) is 29.5. The average molecular weight is 1120 g/mol. The molecule has 414 valence electrons. The van der Waals surface area contributed by atoms with Gasteiger partial charge in [-0.1, -0.05) is 0 Å². The highest BCUT2D eigenvalue weighted by Crippen LogP contribution is 2.20. The van der Waals surface area contributed by atoms with Crippen LogP contribution in [0.1, 0.15) is 81.1 Å². The van der Waals surface area contributed by atoms with Crippen molar-refractivity contribution in [3.63, 3.8) is 0 Å². The summed E-state index contributed by atoms with van der Waals surface area (Å²) in [5.41, 5.74) is 5.23. The first-order valence-corrected chi connectivity index (χ1v) is 26.0. The minimum atomic E-state index is -3.93. The van der Waals surface area contributed by atoms with E-state index in [1.54, 1.807) is 70.0 Å². The van der Waals surface area contributed by atoms with Crippen molar-refractivity contribution in [1.82, 2.24) is 108 Å². The van der Waals surface area contributed by atoms with E-state index in [4.69, 9.17) is 52.3 Å². The van der Waals surface area contributed by atoms with Crippen LogP contribution in [0, 0.1) is 18.6 Å². The molecule has 0 bridgehead atoms. The molecule has 7 rings (SSSR count). The molecule has 0 atom stereocenters. The zero-order chi connectivity index (χ0) is 56.2. The summed E-state index contributed by atoms with van der Waals surface area (Å²) in [6.45, 7) is 15.3. The quantitative estimate of drug-likeness (QED) is 0.0551. The molecule has 7 heterocycles. The molecule has 4 N–H and O–H groups in total. The van der Waals surface area contributed by atoms with Crippen LogP contribution in [0.5, 0.6) is 0 Å². The number of carbonyl (C=O) groups excluding carboxylic acids is 1. The number of nitrogens with two attached hydrogens (primary N) is 1. The van der Waals surface area contributed by atoms with E-state index in [1.165, 1.54) is 40.5 Å². The van der Waals surface area contributed by atoms with E-state index in [9.17, 15) is 21.6 Å².